The minimum absolute atomic E-state index is 0.255. The smallest absolute Gasteiger partial charge is 0.198 e. The van der Waals surface area contributed by atoms with Crippen molar-refractivity contribution in [2.45, 2.75) is 19.9 Å². The number of nitrogens with zero attached hydrogens (tertiary/aromatic N) is 1. The zero-order chi connectivity index (χ0) is 7.40. The lowest BCUT2D eigenvalue weighted by Crippen LogP contribution is -2.34. The number of aromatic amines is 1. The highest BCUT2D eigenvalue weighted by Crippen LogP contribution is 1.86. The van der Waals surface area contributed by atoms with E-state index in [1.165, 1.54) is 5.56 Å². The largest absolute Gasteiger partial charge is 0.396 e. The van der Waals surface area contributed by atoms with Crippen LogP contribution in [0, 0.1) is 6.92 Å². The molecule has 0 aliphatic carbocycles. The minimum Gasteiger partial charge on any atom is -0.396 e. The van der Waals surface area contributed by atoms with Crippen LogP contribution in [0.25, 0.3) is 0 Å². The summed E-state index contributed by atoms with van der Waals surface area (Å²) in [5, 5.41) is 11.6. The highest BCUT2D eigenvalue weighted by molar-refractivity contribution is 4.93. The Kier molecular flexibility index (Phi) is 2.45. The van der Waals surface area contributed by atoms with Gasteiger partial charge in [0.05, 0.1) is 6.20 Å². The molecule has 0 unspecified atom stereocenters. The Balaban J connectivity index is 2.42. The van der Waals surface area contributed by atoms with Crippen LogP contribution in [0.15, 0.2) is 12.4 Å². The summed E-state index contributed by atoms with van der Waals surface area (Å²) in [5.74, 6) is 0. The molecule has 0 fully saturated rings. The molecule has 0 aliphatic rings. The van der Waals surface area contributed by atoms with Gasteiger partial charge in [0.2, 0.25) is 0 Å². The molecule has 1 aromatic heterocycles. The van der Waals surface area contributed by atoms with E-state index < -0.39 is 0 Å². The summed E-state index contributed by atoms with van der Waals surface area (Å²) >= 11 is 0. The van der Waals surface area contributed by atoms with E-state index in [1.54, 1.807) is 0 Å². The van der Waals surface area contributed by atoms with Gasteiger partial charge in [0.1, 0.15) is 0 Å². The van der Waals surface area contributed by atoms with Gasteiger partial charge in [0.25, 0.3) is 0 Å². The molecule has 1 rings (SSSR count). The highest BCUT2D eigenvalue weighted by atomic mass is 16.3. The molecule has 0 spiro atoms. The van der Waals surface area contributed by atoms with Gasteiger partial charge in [-0.2, -0.15) is 5.10 Å². The van der Waals surface area contributed by atoms with E-state index >= 15 is 0 Å². The van der Waals surface area contributed by atoms with E-state index in [9.17, 15) is 0 Å². The van der Waals surface area contributed by atoms with Gasteiger partial charge in [-0.3, -0.25) is 0 Å². The fourth-order valence-corrected chi connectivity index (χ4v) is 0.875. The van der Waals surface area contributed by atoms with Crippen molar-refractivity contribution in [3.05, 3.63) is 18.0 Å². The summed E-state index contributed by atoms with van der Waals surface area (Å²) < 4.78 is 1.96. The molecule has 0 aromatic carbocycles. The summed E-state index contributed by atoms with van der Waals surface area (Å²) in [5.41, 5.74) is 1.22. The molecule has 0 radical (unpaired) electrons. The maximum atomic E-state index is 8.51. The molecule has 2 N–H and O–H groups in total. The Morgan fingerprint density at radius 2 is 2.50 bits per heavy atom. The minimum atomic E-state index is 0.255. The Morgan fingerprint density at radius 3 is 3.00 bits per heavy atom. The van der Waals surface area contributed by atoms with Crippen LogP contribution in [0.3, 0.4) is 0 Å². The normalized spacial score (nSPS) is 10.2. The van der Waals surface area contributed by atoms with Gasteiger partial charge in [-0.05, 0) is 6.92 Å². The van der Waals surface area contributed by atoms with Crippen molar-refractivity contribution in [1.82, 2.24) is 5.10 Å². The number of rotatable bonds is 3. The first-order chi connectivity index (χ1) is 4.83. The lowest BCUT2D eigenvalue weighted by Gasteiger charge is -1.86. The second kappa shape index (κ2) is 3.37. The average Bonchev–Trinajstić information content (AvgIpc) is 2.31. The number of nitrogens with one attached hydrogen (secondary N) is 1. The van der Waals surface area contributed by atoms with Crippen molar-refractivity contribution in [3.8, 4) is 0 Å². The monoisotopic (exact) mass is 141 g/mol. The molecule has 0 atom stereocenters. The Hall–Kier alpha value is -0.830. The molecular formula is C7H13N2O+. The lowest BCUT2D eigenvalue weighted by atomic mass is 10.4. The number of aromatic nitrogens is 2. The molecule has 0 saturated heterocycles. The zero-order valence-corrected chi connectivity index (χ0v) is 6.17. The Bertz CT molecular complexity index is 195. The summed E-state index contributed by atoms with van der Waals surface area (Å²) in [6, 6.07) is 0. The predicted octanol–water partition coefficient (Wildman–Crippen LogP) is -0.00698. The van der Waals surface area contributed by atoms with E-state index in [0.29, 0.717) is 0 Å². The molecular weight excluding hydrogens is 128 g/mol. The fourth-order valence-electron chi connectivity index (χ4n) is 0.875. The van der Waals surface area contributed by atoms with E-state index in [1.807, 2.05) is 24.0 Å². The van der Waals surface area contributed by atoms with Gasteiger partial charge in [0, 0.05) is 18.6 Å². The van der Waals surface area contributed by atoms with Crippen LogP contribution in [-0.2, 0) is 6.54 Å². The zero-order valence-electron chi connectivity index (χ0n) is 6.17. The van der Waals surface area contributed by atoms with Gasteiger partial charge in [-0.25, -0.2) is 0 Å². The third kappa shape index (κ3) is 1.84. The maximum Gasteiger partial charge on any atom is 0.198 e. The number of aryl methyl sites for hydroxylation is 2. The fraction of sp³-hybridized carbons (Fsp3) is 0.571. The van der Waals surface area contributed by atoms with Crippen LogP contribution in [0.1, 0.15) is 12.0 Å². The van der Waals surface area contributed by atoms with E-state index in [0.717, 1.165) is 13.0 Å². The first kappa shape index (κ1) is 7.28. The molecule has 0 aliphatic heterocycles. The van der Waals surface area contributed by atoms with Crippen LogP contribution >= 0.6 is 0 Å². The molecule has 1 aromatic rings. The second-order valence-corrected chi connectivity index (χ2v) is 2.42. The quantitative estimate of drug-likeness (QED) is 0.571. The van der Waals surface area contributed by atoms with E-state index in [2.05, 4.69) is 5.10 Å². The van der Waals surface area contributed by atoms with Crippen molar-refractivity contribution in [2.24, 2.45) is 0 Å². The molecule has 56 valence electrons. The molecule has 1 heterocycles. The number of aliphatic hydroxyl groups is 1. The second-order valence-electron chi connectivity index (χ2n) is 2.42. The molecule has 3 nitrogen and oxygen atoms in total. The van der Waals surface area contributed by atoms with Crippen LogP contribution in [-0.4, -0.2) is 16.8 Å². The van der Waals surface area contributed by atoms with Crippen molar-refractivity contribution in [2.75, 3.05) is 6.61 Å². The number of hydrogen-bond acceptors (Lipinski definition) is 1. The number of H-pyrrole nitrogens is 1. The van der Waals surface area contributed by atoms with Gasteiger partial charge >= 0.3 is 0 Å². The highest BCUT2D eigenvalue weighted by Gasteiger charge is 2.00. The van der Waals surface area contributed by atoms with Gasteiger partial charge < -0.3 is 5.11 Å². The number of aliphatic hydroxyl groups excluding tert-OH is 1. The Morgan fingerprint density at radius 1 is 1.70 bits per heavy atom. The van der Waals surface area contributed by atoms with Gasteiger partial charge in [-0.1, -0.05) is 0 Å². The summed E-state index contributed by atoms with van der Waals surface area (Å²) in [7, 11) is 0. The molecule has 0 bridgehead atoms. The standard InChI is InChI=1S/C7H12N2O/c1-7-5-8-9(6-7)3-2-4-10/h5-6,10H,2-4H2,1H3/p+1. The molecule has 3 heteroatoms. The molecule has 10 heavy (non-hydrogen) atoms. The Labute approximate surface area is 60.3 Å². The molecule has 0 amide bonds. The van der Waals surface area contributed by atoms with Crippen LogP contribution in [0.4, 0.5) is 0 Å². The van der Waals surface area contributed by atoms with E-state index in [4.69, 9.17) is 5.11 Å². The predicted molar refractivity (Wildman–Crippen MR) is 37.4 cm³/mol. The summed E-state index contributed by atoms with van der Waals surface area (Å²) in [6.45, 7) is 3.15. The van der Waals surface area contributed by atoms with Crippen LogP contribution in [0.5, 0.6) is 0 Å². The van der Waals surface area contributed by atoms with Crippen molar-refractivity contribution in [1.29, 1.82) is 0 Å². The average molecular weight is 141 g/mol. The van der Waals surface area contributed by atoms with Crippen molar-refractivity contribution in [3.63, 3.8) is 0 Å². The summed E-state index contributed by atoms with van der Waals surface area (Å²) in [4.78, 5) is 0. The first-order valence-corrected chi connectivity index (χ1v) is 3.48. The van der Waals surface area contributed by atoms with Crippen molar-refractivity contribution >= 4 is 0 Å². The first-order valence-electron chi connectivity index (χ1n) is 3.48. The van der Waals surface area contributed by atoms with Crippen molar-refractivity contribution < 1.29 is 9.79 Å². The maximum absolute atomic E-state index is 8.51. The number of hydrogen-bond donors (Lipinski definition) is 2. The van der Waals surface area contributed by atoms with Crippen LogP contribution in [0.2, 0.25) is 0 Å². The topological polar surface area (TPSA) is 39.9 Å². The van der Waals surface area contributed by atoms with E-state index in [-0.39, 0.29) is 6.61 Å². The van der Waals surface area contributed by atoms with Gasteiger partial charge in [0.15, 0.2) is 12.7 Å². The summed E-state index contributed by atoms with van der Waals surface area (Å²) in [6.07, 6.45) is 4.78. The lowest BCUT2D eigenvalue weighted by molar-refractivity contribution is -0.750. The third-order valence-electron chi connectivity index (χ3n) is 1.37. The van der Waals surface area contributed by atoms with Crippen LogP contribution < -0.4 is 4.68 Å². The molecule has 0 saturated carbocycles. The SMILES string of the molecule is Cc1c[nH][n+](CCCO)c1. The third-order valence-corrected chi connectivity index (χ3v) is 1.37. The van der Waals surface area contributed by atoms with Gasteiger partial charge in [-0.15, -0.1) is 4.68 Å².